The smallest absolute Gasteiger partial charge is 0.159 e. The summed E-state index contributed by atoms with van der Waals surface area (Å²) in [5.41, 5.74) is 4.85. The first-order chi connectivity index (χ1) is 9.85. The second-order valence-electron chi connectivity index (χ2n) is 4.69. The van der Waals surface area contributed by atoms with E-state index in [9.17, 15) is 0 Å². The maximum absolute atomic E-state index is 4.61. The Morgan fingerprint density at radius 3 is 2.85 bits per heavy atom. The second-order valence-corrected chi connectivity index (χ2v) is 4.69. The van der Waals surface area contributed by atoms with Crippen molar-refractivity contribution < 1.29 is 0 Å². The van der Waals surface area contributed by atoms with Crippen LogP contribution in [0.3, 0.4) is 0 Å². The van der Waals surface area contributed by atoms with E-state index in [0.717, 1.165) is 39.1 Å². The second kappa shape index (κ2) is 4.09. The monoisotopic (exact) mass is 263 g/mol. The zero-order valence-corrected chi connectivity index (χ0v) is 10.9. The van der Waals surface area contributed by atoms with Crippen molar-refractivity contribution in [1.82, 2.24) is 20.2 Å². The number of fused-ring (bicyclic) bond motifs is 2. The minimum atomic E-state index is 0.783. The molecule has 0 saturated carbocycles. The van der Waals surface area contributed by atoms with E-state index in [4.69, 9.17) is 0 Å². The van der Waals surface area contributed by atoms with Crippen molar-refractivity contribution >= 4 is 27.6 Å². The van der Waals surface area contributed by atoms with Gasteiger partial charge >= 0.3 is 0 Å². The molecule has 2 heterocycles. The topological polar surface area (TPSA) is 69.4 Å². The molecule has 0 aliphatic carbocycles. The molecule has 5 nitrogen and oxygen atoms in total. The van der Waals surface area contributed by atoms with Crippen LogP contribution >= 0.6 is 0 Å². The van der Waals surface area contributed by atoms with E-state index in [1.807, 2.05) is 49.5 Å². The largest absolute Gasteiger partial charge is 0.388 e. The lowest BCUT2D eigenvalue weighted by Crippen LogP contribution is -1.86. The number of H-pyrrole nitrogens is 2. The quantitative estimate of drug-likeness (QED) is 0.520. The van der Waals surface area contributed by atoms with Gasteiger partial charge in [0, 0.05) is 18.1 Å². The van der Waals surface area contributed by atoms with E-state index >= 15 is 0 Å². The molecule has 98 valence electrons. The van der Waals surface area contributed by atoms with Crippen LogP contribution in [0.5, 0.6) is 0 Å². The number of nitrogens with one attached hydrogen (secondary N) is 3. The van der Waals surface area contributed by atoms with Crippen LogP contribution in [0.4, 0.5) is 5.69 Å². The minimum Gasteiger partial charge on any atom is -0.388 e. The van der Waals surface area contributed by atoms with E-state index in [2.05, 4.69) is 25.5 Å². The summed E-state index contributed by atoms with van der Waals surface area (Å²) in [6.07, 6.45) is 0. The average Bonchev–Trinajstić information content (AvgIpc) is 3.09. The van der Waals surface area contributed by atoms with Gasteiger partial charge in [-0.05, 0) is 24.3 Å². The zero-order valence-electron chi connectivity index (χ0n) is 10.9. The van der Waals surface area contributed by atoms with Gasteiger partial charge in [-0.25, -0.2) is 4.98 Å². The molecule has 4 rings (SSSR count). The van der Waals surface area contributed by atoms with E-state index in [0.29, 0.717) is 0 Å². The molecule has 0 saturated heterocycles. The fraction of sp³-hybridized carbons (Fsp3) is 0.0667. The van der Waals surface area contributed by atoms with Crippen molar-refractivity contribution in [1.29, 1.82) is 0 Å². The van der Waals surface area contributed by atoms with Crippen molar-refractivity contribution in [3.05, 3.63) is 42.5 Å². The molecular formula is C15H13N5. The highest BCUT2D eigenvalue weighted by Gasteiger charge is 2.12. The number of benzene rings is 2. The van der Waals surface area contributed by atoms with Crippen molar-refractivity contribution in [2.24, 2.45) is 0 Å². The summed E-state index contributed by atoms with van der Waals surface area (Å²) in [5, 5.41) is 11.6. The van der Waals surface area contributed by atoms with E-state index in [1.54, 1.807) is 0 Å². The number of anilines is 1. The molecule has 0 fully saturated rings. The first-order valence-electron chi connectivity index (χ1n) is 6.46. The van der Waals surface area contributed by atoms with Gasteiger partial charge in [-0.2, -0.15) is 5.10 Å². The molecule has 0 radical (unpaired) electrons. The van der Waals surface area contributed by atoms with Gasteiger partial charge in [0.2, 0.25) is 0 Å². The van der Waals surface area contributed by atoms with Crippen LogP contribution in [-0.2, 0) is 0 Å². The van der Waals surface area contributed by atoms with Crippen molar-refractivity contribution in [3.8, 4) is 11.5 Å². The van der Waals surface area contributed by atoms with Gasteiger partial charge in [0.25, 0.3) is 0 Å². The van der Waals surface area contributed by atoms with Crippen molar-refractivity contribution in [3.63, 3.8) is 0 Å². The average molecular weight is 263 g/mol. The fourth-order valence-corrected chi connectivity index (χ4v) is 2.42. The Kier molecular flexibility index (Phi) is 2.26. The Labute approximate surface area is 115 Å². The summed E-state index contributed by atoms with van der Waals surface area (Å²) in [6.45, 7) is 0. The summed E-state index contributed by atoms with van der Waals surface area (Å²) in [7, 11) is 1.90. The first kappa shape index (κ1) is 11.0. The third kappa shape index (κ3) is 1.56. The van der Waals surface area contributed by atoms with Crippen LogP contribution in [0.1, 0.15) is 0 Å². The molecule has 3 N–H and O–H groups in total. The Bertz CT molecular complexity index is 903. The maximum Gasteiger partial charge on any atom is 0.159 e. The lowest BCUT2D eigenvalue weighted by atomic mass is 10.2. The van der Waals surface area contributed by atoms with E-state index in [-0.39, 0.29) is 0 Å². The van der Waals surface area contributed by atoms with Gasteiger partial charge < -0.3 is 10.3 Å². The fourth-order valence-electron chi connectivity index (χ4n) is 2.42. The Hall–Kier alpha value is -2.82. The molecule has 4 aromatic rings. The Morgan fingerprint density at radius 2 is 1.95 bits per heavy atom. The zero-order chi connectivity index (χ0) is 13.5. The number of aromatic nitrogens is 4. The highest BCUT2D eigenvalue weighted by Crippen LogP contribution is 2.26. The molecule has 0 spiro atoms. The van der Waals surface area contributed by atoms with Gasteiger partial charge in [0.05, 0.1) is 16.6 Å². The summed E-state index contributed by atoms with van der Waals surface area (Å²) < 4.78 is 0. The third-order valence-corrected chi connectivity index (χ3v) is 3.47. The summed E-state index contributed by atoms with van der Waals surface area (Å²) in [4.78, 5) is 7.95. The van der Waals surface area contributed by atoms with Crippen LogP contribution < -0.4 is 5.32 Å². The van der Waals surface area contributed by atoms with Crippen molar-refractivity contribution in [2.45, 2.75) is 0 Å². The number of hydrogen-bond acceptors (Lipinski definition) is 3. The lowest BCUT2D eigenvalue weighted by Gasteiger charge is -1.97. The van der Waals surface area contributed by atoms with Gasteiger partial charge in [-0.1, -0.05) is 18.2 Å². The van der Waals surface area contributed by atoms with E-state index in [1.165, 1.54) is 0 Å². The summed E-state index contributed by atoms with van der Waals surface area (Å²) >= 11 is 0. The van der Waals surface area contributed by atoms with Gasteiger partial charge in [0.15, 0.2) is 5.82 Å². The number of hydrogen-bond donors (Lipinski definition) is 3. The normalized spacial score (nSPS) is 11.2. The summed E-state index contributed by atoms with van der Waals surface area (Å²) in [6, 6.07) is 14.1. The molecule has 0 aliphatic rings. The number of aromatic amines is 2. The van der Waals surface area contributed by atoms with Gasteiger partial charge in [-0.3, -0.25) is 5.10 Å². The van der Waals surface area contributed by atoms with Crippen LogP contribution in [0.15, 0.2) is 42.5 Å². The molecule has 2 aromatic carbocycles. The lowest BCUT2D eigenvalue weighted by molar-refractivity contribution is 1.11. The highest BCUT2D eigenvalue weighted by molar-refractivity contribution is 5.93. The molecule has 0 bridgehead atoms. The number of rotatable bonds is 2. The molecule has 2 aromatic heterocycles. The molecule has 0 unspecified atom stereocenters. The maximum atomic E-state index is 4.61. The van der Waals surface area contributed by atoms with Crippen LogP contribution in [0.2, 0.25) is 0 Å². The van der Waals surface area contributed by atoms with E-state index < -0.39 is 0 Å². The van der Waals surface area contributed by atoms with Crippen LogP contribution in [0, 0.1) is 0 Å². The highest BCUT2D eigenvalue weighted by atomic mass is 15.1. The summed E-state index contributed by atoms with van der Waals surface area (Å²) in [5.74, 6) is 0.783. The third-order valence-electron chi connectivity index (χ3n) is 3.47. The predicted molar refractivity (Wildman–Crippen MR) is 80.7 cm³/mol. The molecule has 5 heteroatoms. The molecule has 0 amide bonds. The molecule has 0 aliphatic heterocycles. The minimum absolute atomic E-state index is 0.783. The Morgan fingerprint density at radius 1 is 1.05 bits per heavy atom. The molecule has 0 atom stereocenters. The number of imidazole rings is 1. The SMILES string of the molecule is CNc1ccc2nc(-c3n[nH]c4ccccc34)[nH]c2c1. The molecular weight excluding hydrogens is 250 g/mol. The van der Waals surface area contributed by atoms with Crippen molar-refractivity contribution in [2.75, 3.05) is 12.4 Å². The number of nitrogens with zero attached hydrogens (tertiary/aromatic N) is 2. The first-order valence-corrected chi connectivity index (χ1v) is 6.46. The van der Waals surface area contributed by atoms with Gasteiger partial charge in [-0.15, -0.1) is 0 Å². The predicted octanol–water partition coefficient (Wildman–Crippen LogP) is 3.15. The van der Waals surface area contributed by atoms with Crippen LogP contribution in [-0.4, -0.2) is 27.2 Å². The Balaban J connectivity index is 1.93. The van der Waals surface area contributed by atoms with Crippen LogP contribution in [0.25, 0.3) is 33.5 Å². The standard InChI is InChI=1S/C15H13N5/c1-16-9-6-7-12-13(8-9)18-15(17-12)14-10-4-2-3-5-11(10)19-20-14/h2-8,16H,1H3,(H,17,18)(H,19,20). The molecule has 20 heavy (non-hydrogen) atoms. The van der Waals surface area contributed by atoms with Gasteiger partial charge in [0.1, 0.15) is 5.69 Å². The number of para-hydroxylation sites is 1.